The molecule has 9 heteroatoms. The predicted molar refractivity (Wildman–Crippen MR) is 128 cm³/mol. The second-order valence-corrected chi connectivity index (χ2v) is 10.6. The minimum Gasteiger partial charge on any atom is -0.464 e. The Labute approximate surface area is 200 Å². The molecule has 9 nitrogen and oxygen atoms in total. The minimum absolute atomic E-state index is 0.00637. The number of hydrogen-bond donors (Lipinski definition) is 2. The molecule has 194 valence electrons. The van der Waals surface area contributed by atoms with Crippen molar-refractivity contribution in [2.75, 3.05) is 73.8 Å². The Bertz CT molecular complexity index is 589. The van der Waals surface area contributed by atoms with E-state index in [1.54, 1.807) is 7.11 Å². The topological polar surface area (TPSA) is 101 Å². The van der Waals surface area contributed by atoms with E-state index in [-0.39, 0.29) is 36.1 Å². The van der Waals surface area contributed by atoms with Gasteiger partial charge >= 0.3 is 12.1 Å². The van der Waals surface area contributed by atoms with Crippen LogP contribution in [0.5, 0.6) is 0 Å². The van der Waals surface area contributed by atoms with E-state index >= 15 is 0 Å². The number of aliphatic hydroxyl groups excluding tert-OH is 1. The number of amides is 1. The standard InChI is InChI=1S/C24H47N3O6/c1-23(2)17-20(25-22(30)33-16-12-26(4)9-13-28)18-24(3,19-23)8-7-21(29)32-15-11-27(5)10-14-31-6/h20,28H,7-19H2,1-6H3,(H,25,30). The number of esters is 1. The zero-order chi connectivity index (χ0) is 24.9. The van der Waals surface area contributed by atoms with Crippen LogP contribution in [-0.2, 0) is 19.0 Å². The molecule has 1 aliphatic carbocycles. The summed E-state index contributed by atoms with van der Waals surface area (Å²) >= 11 is 0. The summed E-state index contributed by atoms with van der Waals surface area (Å²) in [6, 6.07) is 0.00637. The van der Waals surface area contributed by atoms with Crippen LogP contribution in [0.4, 0.5) is 4.79 Å². The number of nitrogens with one attached hydrogen (secondary N) is 1. The molecule has 0 saturated heterocycles. The Hall–Kier alpha value is -1.42. The summed E-state index contributed by atoms with van der Waals surface area (Å²) in [5.41, 5.74) is -0.00439. The summed E-state index contributed by atoms with van der Waals surface area (Å²) in [6.45, 7) is 10.6. The van der Waals surface area contributed by atoms with Crippen molar-refractivity contribution in [3.8, 4) is 0 Å². The largest absolute Gasteiger partial charge is 0.464 e. The number of nitrogens with zero attached hydrogens (tertiary/aromatic N) is 2. The smallest absolute Gasteiger partial charge is 0.407 e. The SMILES string of the molecule is COCCN(C)CCOC(=O)CCC1(C)CC(NC(=O)OCCN(C)CCO)CC(C)(C)C1. The van der Waals surface area contributed by atoms with Gasteiger partial charge < -0.3 is 34.4 Å². The molecule has 33 heavy (non-hydrogen) atoms. The van der Waals surface area contributed by atoms with E-state index in [0.29, 0.717) is 39.3 Å². The highest BCUT2D eigenvalue weighted by atomic mass is 16.5. The number of carbonyl (C=O) groups excluding carboxylic acids is 2. The van der Waals surface area contributed by atoms with Gasteiger partial charge in [-0.15, -0.1) is 0 Å². The van der Waals surface area contributed by atoms with Gasteiger partial charge in [0.2, 0.25) is 0 Å². The summed E-state index contributed by atoms with van der Waals surface area (Å²) in [6.07, 6.45) is 3.38. The summed E-state index contributed by atoms with van der Waals surface area (Å²) in [7, 11) is 5.52. The van der Waals surface area contributed by atoms with Crippen LogP contribution in [-0.4, -0.2) is 107 Å². The Morgan fingerprint density at radius 1 is 0.970 bits per heavy atom. The van der Waals surface area contributed by atoms with E-state index in [2.05, 4.69) is 31.0 Å². The third kappa shape index (κ3) is 13.2. The van der Waals surface area contributed by atoms with Crippen LogP contribution in [0.15, 0.2) is 0 Å². The summed E-state index contributed by atoms with van der Waals surface area (Å²) < 4.78 is 15.8. The fourth-order valence-corrected chi connectivity index (χ4v) is 4.86. The van der Waals surface area contributed by atoms with E-state index < -0.39 is 6.09 Å². The zero-order valence-corrected chi connectivity index (χ0v) is 21.7. The second-order valence-electron chi connectivity index (χ2n) is 10.6. The summed E-state index contributed by atoms with van der Waals surface area (Å²) in [4.78, 5) is 28.6. The first-order valence-electron chi connectivity index (χ1n) is 12.0. The number of likely N-dealkylation sites (N-methyl/N-ethyl adjacent to an activating group) is 2. The van der Waals surface area contributed by atoms with Crippen molar-refractivity contribution in [1.29, 1.82) is 0 Å². The molecule has 0 spiro atoms. The van der Waals surface area contributed by atoms with Crippen molar-refractivity contribution < 1.29 is 28.9 Å². The first-order valence-corrected chi connectivity index (χ1v) is 12.0. The van der Waals surface area contributed by atoms with Crippen LogP contribution in [0, 0.1) is 10.8 Å². The second kappa shape index (κ2) is 14.8. The third-order valence-corrected chi connectivity index (χ3v) is 6.30. The lowest BCUT2D eigenvalue weighted by Crippen LogP contribution is -2.47. The van der Waals surface area contributed by atoms with E-state index in [1.165, 1.54) is 0 Å². The molecule has 2 N–H and O–H groups in total. The highest BCUT2D eigenvalue weighted by Gasteiger charge is 2.42. The lowest BCUT2D eigenvalue weighted by Gasteiger charge is -2.46. The van der Waals surface area contributed by atoms with Crippen molar-refractivity contribution >= 4 is 12.1 Å². The maximum atomic E-state index is 12.3. The minimum atomic E-state index is -0.408. The molecule has 1 aliphatic rings. The van der Waals surface area contributed by atoms with Gasteiger partial charge in [-0.3, -0.25) is 4.79 Å². The Morgan fingerprint density at radius 3 is 2.21 bits per heavy atom. The predicted octanol–water partition coefficient (Wildman–Crippen LogP) is 2.12. The third-order valence-electron chi connectivity index (χ3n) is 6.30. The molecule has 0 radical (unpaired) electrons. The van der Waals surface area contributed by atoms with Gasteiger partial charge in [-0.25, -0.2) is 4.79 Å². The van der Waals surface area contributed by atoms with Crippen LogP contribution < -0.4 is 5.32 Å². The molecule has 0 heterocycles. The highest BCUT2D eigenvalue weighted by Crippen LogP contribution is 2.48. The molecule has 0 aromatic carbocycles. The van der Waals surface area contributed by atoms with Crippen molar-refractivity contribution in [3.05, 3.63) is 0 Å². The summed E-state index contributed by atoms with van der Waals surface area (Å²) in [5, 5.41) is 12.0. The monoisotopic (exact) mass is 473 g/mol. The van der Waals surface area contributed by atoms with Gasteiger partial charge in [-0.05, 0) is 50.6 Å². The molecule has 1 fully saturated rings. The van der Waals surface area contributed by atoms with Crippen LogP contribution in [0.3, 0.4) is 0 Å². The van der Waals surface area contributed by atoms with Crippen LogP contribution in [0.2, 0.25) is 0 Å². The molecule has 0 aromatic heterocycles. The van der Waals surface area contributed by atoms with E-state index in [1.807, 2.05) is 19.0 Å². The Kier molecular flexibility index (Phi) is 13.2. The van der Waals surface area contributed by atoms with Crippen LogP contribution in [0.1, 0.15) is 52.9 Å². The average molecular weight is 474 g/mol. The number of hydrogen-bond acceptors (Lipinski definition) is 8. The van der Waals surface area contributed by atoms with Gasteiger partial charge in [0, 0.05) is 45.8 Å². The maximum absolute atomic E-state index is 12.3. The van der Waals surface area contributed by atoms with Crippen LogP contribution in [0.25, 0.3) is 0 Å². The average Bonchev–Trinajstić information content (AvgIpc) is 2.69. The number of carbonyl (C=O) groups is 2. The fourth-order valence-electron chi connectivity index (χ4n) is 4.86. The zero-order valence-electron chi connectivity index (χ0n) is 21.7. The molecule has 0 aliphatic heterocycles. The molecular weight excluding hydrogens is 426 g/mol. The Balaban J connectivity index is 2.44. The lowest BCUT2D eigenvalue weighted by molar-refractivity contribution is -0.145. The number of ether oxygens (including phenoxy) is 3. The van der Waals surface area contributed by atoms with Gasteiger partial charge in [0.1, 0.15) is 13.2 Å². The molecule has 2 atom stereocenters. The fraction of sp³-hybridized carbons (Fsp3) is 0.917. The normalized spacial score (nSPS) is 22.4. The molecule has 0 bridgehead atoms. The number of rotatable bonds is 15. The van der Waals surface area contributed by atoms with E-state index in [0.717, 1.165) is 32.2 Å². The van der Waals surface area contributed by atoms with Gasteiger partial charge in [-0.1, -0.05) is 20.8 Å². The van der Waals surface area contributed by atoms with Gasteiger partial charge in [0.25, 0.3) is 0 Å². The van der Waals surface area contributed by atoms with Crippen molar-refractivity contribution in [2.45, 2.75) is 58.9 Å². The number of alkyl carbamates (subject to hydrolysis) is 1. The quantitative estimate of drug-likeness (QED) is 0.349. The number of methoxy groups -OCH3 is 1. The van der Waals surface area contributed by atoms with Crippen molar-refractivity contribution in [3.63, 3.8) is 0 Å². The summed E-state index contributed by atoms with van der Waals surface area (Å²) in [5.74, 6) is -0.171. The van der Waals surface area contributed by atoms with Crippen LogP contribution >= 0.6 is 0 Å². The Morgan fingerprint density at radius 2 is 1.58 bits per heavy atom. The number of aliphatic hydroxyl groups is 1. The lowest BCUT2D eigenvalue weighted by atomic mass is 9.61. The van der Waals surface area contributed by atoms with E-state index in [9.17, 15) is 9.59 Å². The highest BCUT2D eigenvalue weighted by molar-refractivity contribution is 5.69. The molecule has 1 rings (SSSR count). The maximum Gasteiger partial charge on any atom is 0.407 e. The van der Waals surface area contributed by atoms with E-state index in [4.69, 9.17) is 19.3 Å². The van der Waals surface area contributed by atoms with Gasteiger partial charge in [-0.2, -0.15) is 0 Å². The van der Waals surface area contributed by atoms with Gasteiger partial charge in [0.05, 0.1) is 13.2 Å². The molecule has 1 amide bonds. The molecule has 1 saturated carbocycles. The molecular formula is C24H47N3O6. The molecule has 0 aromatic rings. The molecule has 2 unspecified atom stereocenters. The van der Waals surface area contributed by atoms with Crippen molar-refractivity contribution in [2.24, 2.45) is 10.8 Å². The van der Waals surface area contributed by atoms with Gasteiger partial charge in [0.15, 0.2) is 0 Å². The van der Waals surface area contributed by atoms with Crippen molar-refractivity contribution in [1.82, 2.24) is 15.1 Å². The first kappa shape index (κ1) is 29.6. The first-order chi connectivity index (χ1) is 15.5.